The van der Waals surface area contributed by atoms with E-state index in [1.165, 1.54) is 0 Å². The minimum absolute atomic E-state index is 0.0294. The first-order valence-electron chi connectivity index (χ1n) is 13.6. The smallest absolute Gasteiger partial charge is 0.410 e. The van der Waals surface area contributed by atoms with Crippen LogP contribution in [0.25, 0.3) is 10.9 Å². The van der Waals surface area contributed by atoms with E-state index < -0.39 is 35.8 Å². The van der Waals surface area contributed by atoms with Crippen molar-refractivity contribution in [3.8, 4) is 0 Å². The van der Waals surface area contributed by atoms with Crippen LogP contribution in [-0.4, -0.2) is 83.6 Å². The number of fused-ring (bicyclic) bond motifs is 1. The number of aromatic nitrogens is 1. The second-order valence-corrected chi connectivity index (χ2v) is 11.6. The average Bonchev–Trinajstić information content (AvgIpc) is 3.68. The second kappa shape index (κ2) is 11.5. The van der Waals surface area contributed by atoms with E-state index in [2.05, 4.69) is 16.8 Å². The molecule has 2 aliphatic rings. The lowest BCUT2D eigenvalue weighted by molar-refractivity contribution is -0.162. The SMILES string of the molecule is COCCCn1cc(CN(C(=O)C2CN(C(=O)OC(C)(C)C)C[C@@](F)(C(=O)OC)C2)C2CC2)c2ccccc21. The maximum absolute atomic E-state index is 16.0. The van der Waals surface area contributed by atoms with Gasteiger partial charge < -0.3 is 28.6 Å². The number of alkyl halides is 1. The second-order valence-electron chi connectivity index (χ2n) is 11.6. The molecule has 0 spiro atoms. The van der Waals surface area contributed by atoms with Crippen molar-refractivity contribution in [2.45, 2.75) is 76.9 Å². The summed E-state index contributed by atoms with van der Waals surface area (Å²) in [7, 11) is 2.78. The van der Waals surface area contributed by atoms with E-state index >= 15 is 4.39 Å². The van der Waals surface area contributed by atoms with E-state index in [0.717, 1.165) is 54.3 Å². The molecule has 1 saturated carbocycles. The zero-order valence-corrected chi connectivity index (χ0v) is 23.6. The van der Waals surface area contributed by atoms with Gasteiger partial charge in [-0.1, -0.05) is 18.2 Å². The van der Waals surface area contributed by atoms with Crippen LogP contribution in [-0.2, 0) is 36.9 Å². The molecule has 2 heterocycles. The maximum Gasteiger partial charge on any atom is 0.410 e. The number of esters is 1. The lowest BCUT2D eigenvalue weighted by atomic mass is 9.85. The van der Waals surface area contributed by atoms with Crippen LogP contribution in [0.5, 0.6) is 0 Å². The molecular weight excluding hydrogens is 505 g/mol. The third kappa shape index (κ3) is 6.72. The number of likely N-dealkylation sites (tertiary alicyclic amines) is 1. The first-order chi connectivity index (χ1) is 18.5. The summed E-state index contributed by atoms with van der Waals surface area (Å²) in [5.41, 5.74) is -1.23. The van der Waals surface area contributed by atoms with Gasteiger partial charge in [0.25, 0.3) is 0 Å². The Morgan fingerprint density at radius 2 is 1.87 bits per heavy atom. The monoisotopic (exact) mass is 545 g/mol. The topological polar surface area (TPSA) is 90.3 Å². The molecule has 0 radical (unpaired) electrons. The van der Waals surface area contributed by atoms with Gasteiger partial charge in [0.2, 0.25) is 11.6 Å². The average molecular weight is 546 g/mol. The van der Waals surface area contributed by atoms with Crippen LogP contribution >= 0.6 is 0 Å². The van der Waals surface area contributed by atoms with Crippen LogP contribution < -0.4 is 0 Å². The molecule has 10 heteroatoms. The normalized spacial score (nSPS) is 21.6. The highest BCUT2D eigenvalue weighted by atomic mass is 19.1. The van der Waals surface area contributed by atoms with E-state index in [4.69, 9.17) is 14.2 Å². The van der Waals surface area contributed by atoms with Gasteiger partial charge in [-0.25, -0.2) is 14.0 Å². The lowest BCUT2D eigenvalue weighted by Gasteiger charge is -2.41. The molecule has 1 aliphatic heterocycles. The van der Waals surface area contributed by atoms with Crippen molar-refractivity contribution in [3.05, 3.63) is 36.0 Å². The Balaban J connectivity index is 1.60. The number of piperidine rings is 1. The van der Waals surface area contributed by atoms with Gasteiger partial charge in [-0.2, -0.15) is 0 Å². The molecule has 2 aromatic rings. The fourth-order valence-electron chi connectivity index (χ4n) is 5.32. The van der Waals surface area contributed by atoms with Crippen molar-refractivity contribution in [2.75, 3.05) is 33.9 Å². The Hall–Kier alpha value is -3.14. The summed E-state index contributed by atoms with van der Waals surface area (Å²) in [6, 6.07) is 8.10. The van der Waals surface area contributed by atoms with Gasteiger partial charge in [0.05, 0.1) is 19.6 Å². The first kappa shape index (κ1) is 28.9. The minimum atomic E-state index is -2.50. The van der Waals surface area contributed by atoms with Gasteiger partial charge in [-0.15, -0.1) is 0 Å². The molecule has 4 rings (SSSR count). The Bertz CT molecular complexity index is 1200. The molecule has 1 unspecified atom stereocenters. The predicted molar refractivity (Wildman–Crippen MR) is 144 cm³/mol. The molecule has 1 saturated heterocycles. The molecule has 9 nitrogen and oxygen atoms in total. The summed E-state index contributed by atoms with van der Waals surface area (Å²) in [5.74, 6) is -2.27. The van der Waals surface area contributed by atoms with Crippen molar-refractivity contribution >= 4 is 28.9 Å². The summed E-state index contributed by atoms with van der Waals surface area (Å²) in [6.07, 6.45) is 3.54. The van der Waals surface area contributed by atoms with Crippen LogP contribution in [0.1, 0.15) is 52.0 Å². The zero-order valence-electron chi connectivity index (χ0n) is 23.6. The Kier molecular flexibility index (Phi) is 8.54. The molecule has 0 N–H and O–H groups in total. The van der Waals surface area contributed by atoms with Crippen molar-refractivity contribution in [1.29, 1.82) is 0 Å². The first-order valence-corrected chi connectivity index (χ1v) is 13.6. The van der Waals surface area contributed by atoms with Gasteiger partial charge in [0.15, 0.2) is 0 Å². The Labute approximate surface area is 229 Å². The molecule has 1 aliphatic carbocycles. The number of carbonyl (C=O) groups is 3. The summed E-state index contributed by atoms with van der Waals surface area (Å²) in [5, 5.41) is 1.06. The lowest BCUT2D eigenvalue weighted by Crippen LogP contribution is -2.59. The molecule has 2 fully saturated rings. The van der Waals surface area contributed by atoms with Crippen LogP contribution in [0.4, 0.5) is 9.18 Å². The molecule has 2 amide bonds. The number of hydrogen-bond donors (Lipinski definition) is 0. The molecule has 1 aromatic heterocycles. The summed E-state index contributed by atoms with van der Waals surface area (Å²) in [4.78, 5) is 42.3. The van der Waals surface area contributed by atoms with Gasteiger partial charge in [-0.3, -0.25) is 4.79 Å². The van der Waals surface area contributed by atoms with Gasteiger partial charge in [0.1, 0.15) is 5.60 Å². The van der Waals surface area contributed by atoms with Crippen LogP contribution in [0.3, 0.4) is 0 Å². The largest absolute Gasteiger partial charge is 0.467 e. The number of aryl methyl sites for hydroxylation is 1. The van der Waals surface area contributed by atoms with E-state index in [9.17, 15) is 14.4 Å². The Morgan fingerprint density at radius 3 is 2.51 bits per heavy atom. The quantitative estimate of drug-likeness (QED) is 0.345. The number of nitrogens with zero attached hydrogens (tertiary/aromatic N) is 3. The molecule has 1 aromatic carbocycles. The minimum Gasteiger partial charge on any atom is -0.467 e. The highest BCUT2D eigenvalue weighted by Gasteiger charge is 2.52. The van der Waals surface area contributed by atoms with Crippen LogP contribution in [0.2, 0.25) is 0 Å². The number of carbonyl (C=O) groups excluding carboxylic acids is 3. The van der Waals surface area contributed by atoms with E-state index in [0.29, 0.717) is 13.2 Å². The highest BCUT2D eigenvalue weighted by Crippen LogP contribution is 2.37. The number of amides is 2. The fraction of sp³-hybridized carbons (Fsp3) is 0.621. The Morgan fingerprint density at radius 1 is 1.15 bits per heavy atom. The third-order valence-corrected chi connectivity index (χ3v) is 7.23. The molecule has 39 heavy (non-hydrogen) atoms. The molecule has 0 bridgehead atoms. The van der Waals surface area contributed by atoms with E-state index in [1.54, 1.807) is 32.8 Å². The number of halogens is 1. The molecule has 2 atom stereocenters. The standard InChI is InChI=1S/C29H40FN3O6/c1-28(2,3)39-27(36)32-16-20(15-29(30,19-32)26(35)38-5)25(34)33(22-11-12-22)18-21-17-31(13-8-14-37-4)24-10-7-6-9-23(21)24/h6-7,9-10,17,20,22H,8,11-16,18-19H2,1-5H3/t20?,29-/m1/s1. The van der Waals surface area contributed by atoms with Gasteiger partial charge >= 0.3 is 12.1 Å². The van der Waals surface area contributed by atoms with Gasteiger partial charge in [0, 0.05) is 62.9 Å². The number of rotatable bonds is 9. The summed E-state index contributed by atoms with van der Waals surface area (Å²) in [6.45, 7) is 6.37. The van der Waals surface area contributed by atoms with Crippen molar-refractivity contribution < 1.29 is 33.0 Å². The third-order valence-electron chi connectivity index (χ3n) is 7.23. The van der Waals surface area contributed by atoms with Gasteiger partial charge in [-0.05, 0) is 51.7 Å². The molecular formula is C29H40FN3O6. The van der Waals surface area contributed by atoms with Crippen LogP contribution in [0, 0.1) is 5.92 Å². The number of benzene rings is 1. The number of para-hydroxylation sites is 1. The van der Waals surface area contributed by atoms with Crippen molar-refractivity contribution in [1.82, 2.24) is 14.4 Å². The summed E-state index contributed by atoms with van der Waals surface area (Å²) < 4.78 is 33.5. The van der Waals surface area contributed by atoms with Crippen LogP contribution in [0.15, 0.2) is 30.5 Å². The number of ether oxygens (including phenoxy) is 3. The fourth-order valence-corrected chi connectivity index (χ4v) is 5.32. The number of hydrogen-bond acceptors (Lipinski definition) is 6. The molecule has 214 valence electrons. The van der Waals surface area contributed by atoms with E-state index in [1.807, 2.05) is 18.2 Å². The number of methoxy groups -OCH3 is 2. The summed E-state index contributed by atoms with van der Waals surface area (Å²) >= 11 is 0. The van der Waals surface area contributed by atoms with E-state index in [-0.39, 0.29) is 24.9 Å². The predicted octanol–water partition coefficient (Wildman–Crippen LogP) is 4.31. The van der Waals surface area contributed by atoms with Crippen molar-refractivity contribution in [2.24, 2.45) is 5.92 Å². The van der Waals surface area contributed by atoms with Crippen molar-refractivity contribution in [3.63, 3.8) is 0 Å². The maximum atomic E-state index is 16.0. The zero-order chi connectivity index (χ0) is 28.4. The highest BCUT2D eigenvalue weighted by molar-refractivity contribution is 5.87.